The van der Waals surface area contributed by atoms with Crippen molar-refractivity contribution in [3.05, 3.63) is 21.6 Å². The van der Waals surface area contributed by atoms with Crippen LogP contribution in [-0.4, -0.2) is 22.4 Å². The number of hydrogen-bond donors (Lipinski definition) is 1. The molecule has 0 aliphatic rings. The van der Waals surface area contributed by atoms with Crippen molar-refractivity contribution in [3.8, 4) is 0 Å². The van der Waals surface area contributed by atoms with Gasteiger partial charge in [-0.15, -0.1) is 0 Å². The van der Waals surface area contributed by atoms with Gasteiger partial charge < -0.3 is 5.32 Å². The van der Waals surface area contributed by atoms with Crippen LogP contribution in [-0.2, 0) is 0 Å². The number of carbonyl (C=O) groups is 1. The number of amides is 1. The molecule has 0 saturated heterocycles. The maximum absolute atomic E-state index is 11.2. The van der Waals surface area contributed by atoms with Crippen molar-refractivity contribution in [2.75, 3.05) is 6.54 Å². The Morgan fingerprint density at radius 3 is 3.00 bits per heavy atom. The summed E-state index contributed by atoms with van der Waals surface area (Å²) < 4.78 is 0.373. The van der Waals surface area contributed by atoms with Gasteiger partial charge in [0.1, 0.15) is 10.3 Å². The molecule has 0 radical (unpaired) electrons. The minimum absolute atomic E-state index is 0.244. The Morgan fingerprint density at radius 2 is 2.46 bits per heavy atom. The molecule has 4 nitrogen and oxygen atoms in total. The first-order valence-corrected chi connectivity index (χ1v) is 4.78. The van der Waals surface area contributed by atoms with Gasteiger partial charge in [0, 0.05) is 6.54 Å². The summed E-state index contributed by atoms with van der Waals surface area (Å²) in [5.74, 6) is -0.257. The highest BCUT2D eigenvalue weighted by molar-refractivity contribution is 9.10. The fourth-order valence-corrected chi connectivity index (χ4v) is 1.10. The second kappa shape index (κ2) is 4.53. The summed E-state index contributed by atoms with van der Waals surface area (Å²) in [7, 11) is 0. The monoisotopic (exact) mass is 263 g/mol. The molecule has 1 aromatic heterocycles. The third-order valence-electron chi connectivity index (χ3n) is 1.26. The molecule has 0 bridgehead atoms. The Balaban J connectivity index is 2.90. The van der Waals surface area contributed by atoms with E-state index in [9.17, 15) is 4.79 Å². The number of nitrogens with zero attached hydrogens (tertiary/aromatic N) is 2. The fraction of sp³-hybridized carbons (Fsp3) is 0.286. The number of aromatic nitrogens is 2. The van der Waals surface area contributed by atoms with Gasteiger partial charge >= 0.3 is 0 Å². The zero-order chi connectivity index (χ0) is 9.84. The van der Waals surface area contributed by atoms with Crippen molar-refractivity contribution in [1.29, 1.82) is 0 Å². The van der Waals surface area contributed by atoms with E-state index in [0.717, 1.165) is 0 Å². The maximum Gasteiger partial charge on any atom is 0.271 e. The van der Waals surface area contributed by atoms with Gasteiger partial charge in [0.05, 0.1) is 6.20 Å². The zero-order valence-electron chi connectivity index (χ0n) is 6.84. The SMILES string of the molecule is CCNC(=O)c1cnc(Cl)c(Br)n1. The predicted molar refractivity (Wildman–Crippen MR) is 52.7 cm³/mol. The highest BCUT2D eigenvalue weighted by atomic mass is 79.9. The van der Waals surface area contributed by atoms with Gasteiger partial charge in [-0.25, -0.2) is 9.97 Å². The Kier molecular flexibility index (Phi) is 3.62. The summed E-state index contributed by atoms with van der Waals surface area (Å²) in [5.41, 5.74) is 0.248. The molecule has 0 spiro atoms. The minimum Gasteiger partial charge on any atom is -0.351 e. The largest absolute Gasteiger partial charge is 0.351 e. The number of nitrogens with one attached hydrogen (secondary N) is 1. The Labute approximate surface area is 88.8 Å². The van der Waals surface area contributed by atoms with Gasteiger partial charge in [-0.1, -0.05) is 11.6 Å². The lowest BCUT2D eigenvalue weighted by Gasteiger charge is -2.01. The predicted octanol–water partition coefficient (Wildman–Crippen LogP) is 1.64. The molecule has 0 aliphatic heterocycles. The first kappa shape index (κ1) is 10.4. The molecule has 0 aliphatic carbocycles. The maximum atomic E-state index is 11.2. The molecular formula is C7H7BrClN3O. The van der Waals surface area contributed by atoms with Crippen molar-refractivity contribution in [3.63, 3.8) is 0 Å². The van der Waals surface area contributed by atoms with E-state index in [4.69, 9.17) is 11.6 Å². The molecule has 0 saturated carbocycles. The molecule has 0 fully saturated rings. The Morgan fingerprint density at radius 1 is 1.77 bits per heavy atom. The van der Waals surface area contributed by atoms with Crippen molar-refractivity contribution in [1.82, 2.24) is 15.3 Å². The van der Waals surface area contributed by atoms with Crippen LogP contribution < -0.4 is 5.32 Å². The van der Waals surface area contributed by atoms with Crippen molar-refractivity contribution in [2.45, 2.75) is 6.92 Å². The molecule has 0 unspecified atom stereocenters. The van der Waals surface area contributed by atoms with E-state index < -0.39 is 0 Å². The number of rotatable bonds is 2. The van der Waals surface area contributed by atoms with E-state index in [-0.39, 0.29) is 16.8 Å². The fourth-order valence-electron chi connectivity index (χ4n) is 0.712. The average molecular weight is 265 g/mol. The lowest BCUT2D eigenvalue weighted by Crippen LogP contribution is -2.23. The summed E-state index contributed by atoms with van der Waals surface area (Å²) >= 11 is 8.69. The summed E-state index contributed by atoms with van der Waals surface area (Å²) in [5, 5.41) is 2.85. The molecule has 1 N–H and O–H groups in total. The number of hydrogen-bond acceptors (Lipinski definition) is 3. The first-order chi connectivity index (χ1) is 6.15. The number of carbonyl (C=O) groups excluding carboxylic acids is 1. The Bertz CT molecular complexity index is 332. The van der Waals surface area contributed by atoms with Crippen LogP contribution in [0.1, 0.15) is 17.4 Å². The molecule has 70 valence electrons. The van der Waals surface area contributed by atoms with Gasteiger partial charge in [0.25, 0.3) is 5.91 Å². The van der Waals surface area contributed by atoms with Crippen LogP contribution in [0.4, 0.5) is 0 Å². The molecule has 1 amide bonds. The molecule has 1 aromatic rings. The summed E-state index contributed by atoms with van der Waals surface area (Å²) in [6.07, 6.45) is 1.33. The van der Waals surface area contributed by atoms with E-state index in [2.05, 4.69) is 31.2 Å². The van der Waals surface area contributed by atoms with Gasteiger partial charge in [-0.05, 0) is 22.9 Å². The molecule has 0 aromatic carbocycles. The smallest absolute Gasteiger partial charge is 0.271 e. The van der Waals surface area contributed by atoms with E-state index in [0.29, 0.717) is 11.1 Å². The van der Waals surface area contributed by atoms with Crippen LogP contribution in [0, 0.1) is 0 Å². The van der Waals surface area contributed by atoms with Crippen molar-refractivity contribution in [2.24, 2.45) is 0 Å². The Hall–Kier alpha value is -0.680. The third-order valence-corrected chi connectivity index (χ3v) is 2.32. The topological polar surface area (TPSA) is 54.9 Å². The lowest BCUT2D eigenvalue weighted by molar-refractivity contribution is 0.0950. The van der Waals surface area contributed by atoms with E-state index in [1.165, 1.54) is 6.20 Å². The van der Waals surface area contributed by atoms with Gasteiger partial charge in [-0.2, -0.15) is 0 Å². The van der Waals surface area contributed by atoms with Crippen LogP contribution in [0.3, 0.4) is 0 Å². The molecule has 13 heavy (non-hydrogen) atoms. The second-order valence-corrected chi connectivity index (χ2v) is 3.31. The van der Waals surface area contributed by atoms with Gasteiger partial charge in [0.15, 0.2) is 5.15 Å². The molecule has 6 heteroatoms. The second-order valence-electron chi connectivity index (χ2n) is 2.20. The summed E-state index contributed by atoms with van der Waals surface area (Å²) in [6, 6.07) is 0. The average Bonchev–Trinajstić information content (AvgIpc) is 2.10. The molecule has 1 heterocycles. The minimum atomic E-state index is -0.257. The quantitative estimate of drug-likeness (QED) is 0.883. The van der Waals surface area contributed by atoms with Crippen LogP contribution in [0.15, 0.2) is 10.8 Å². The normalized spacial score (nSPS) is 9.77. The van der Waals surface area contributed by atoms with E-state index in [1.54, 1.807) is 0 Å². The van der Waals surface area contributed by atoms with E-state index >= 15 is 0 Å². The van der Waals surface area contributed by atoms with Crippen molar-refractivity contribution < 1.29 is 4.79 Å². The zero-order valence-corrected chi connectivity index (χ0v) is 9.18. The van der Waals surface area contributed by atoms with E-state index in [1.807, 2.05) is 6.92 Å². The van der Waals surface area contributed by atoms with Crippen molar-refractivity contribution >= 4 is 33.4 Å². The molecule has 1 rings (SSSR count). The molecule has 0 atom stereocenters. The van der Waals surface area contributed by atoms with Crippen LogP contribution in [0.2, 0.25) is 5.15 Å². The van der Waals surface area contributed by atoms with Crippen LogP contribution in [0.25, 0.3) is 0 Å². The standard InChI is InChI=1S/C7H7BrClN3O/c1-2-10-7(13)4-3-11-6(9)5(8)12-4/h3H,2H2,1H3,(H,10,13). The highest BCUT2D eigenvalue weighted by Gasteiger charge is 2.08. The van der Waals surface area contributed by atoms with Crippen LogP contribution in [0.5, 0.6) is 0 Å². The molecular weight excluding hydrogens is 257 g/mol. The lowest BCUT2D eigenvalue weighted by atomic mass is 10.4. The van der Waals surface area contributed by atoms with Gasteiger partial charge in [0.2, 0.25) is 0 Å². The van der Waals surface area contributed by atoms with Gasteiger partial charge in [-0.3, -0.25) is 4.79 Å². The van der Waals surface area contributed by atoms with Crippen LogP contribution >= 0.6 is 27.5 Å². The third kappa shape index (κ3) is 2.63. The summed E-state index contributed by atoms with van der Waals surface area (Å²) in [6.45, 7) is 2.39. The highest BCUT2D eigenvalue weighted by Crippen LogP contribution is 2.16. The number of halogens is 2. The first-order valence-electron chi connectivity index (χ1n) is 3.61. The summed E-state index contributed by atoms with van der Waals surface area (Å²) in [4.78, 5) is 18.9.